The molecule has 7 heteroatoms. The quantitative estimate of drug-likeness (QED) is 0.734. The van der Waals surface area contributed by atoms with Crippen LogP contribution in [0.15, 0.2) is 17.1 Å². The number of nitrogens with one attached hydrogen (secondary N) is 1. The molecule has 0 aromatic heterocycles. The van der Waals surface area contributed by atoms with E-state index in [1.54, 1.807) is 19.9 Å². The van der Waals surface area contributed by atoms with Crippen LogP contribution in [0.4, 0.5) is 4.79 Å². The molecular formula is C17H22N2O5. The summed E-state index contributed by atoms with van der Waals surface area (Å²) in [5, 5.41) is 22.8. The first-order chi connectivity index (χ1) is 11.3. The van der Waals surface area contributed by atoms with E-state index >= 15 is 0 Å². The molecule has 0 radical (unpaired) electrons. The standard InChI is InChI=1S/C17H22N2O5/c1-5-24-16(22)14-9(4)18-17(23)19-15(14)11-6-10(8(2)3)12(20)7-13(11)21/h6-8,14-15,20-21H,5H2,1-4H3,(H,19,23). The predicted octanol–water partition coefficient (Wildman–Crippen LogP) is 2.63. The number of urea groups is 1. The van der Waals surface area contributed by atoms with Crippen LogP contribution in [0.3, 0.4) is 0 Å². The summed E-state index contributed by atoms with van der Waals surface area (Å²) in [5.74, 6) is -1.60. The highest BCUT2D eigenvalue weighted by atomic mass is 16.5. The molecule has 130 valence electrons. The van der Waals surface area contributed by atoms with Crippen LogP contribution in [0.5, 0.6) is 11.5 Å². The number of hydrogen-bond acceptors (Lipinski definition) is 5. The van der Waals surface area contributed by atoms with Gasteiger partial charge < -0.3 is 20.3 Å². The number of aromatic hydroxyl groups is 2. The zero-order valence-corrected chi connectivity index (χ0v) is 14.2. The first-order valence-electron chi connectivity index (χ1n) is 7.84. The minimum atomic E-state index is -0.835. The number of hydrogen-bond donors (Lipinski definition) is 3. The van der Waals surface area contributed by atoms with E-state index in [1.165, 1.54) is 6.07 Å². The van der Waals surface area contributed by atoms with E-state index in [1.807, 2.05) is 13.8 Å². The lowest BCUT2D eigenvalue weighted by Gasteiger charge is -2.30. The largest absolute Gasteiger partial charge is 0.508 e. The Morgan fingerprint density at radius 3 is 2.58 bits per heavy atom. The lowest BCUT2D eigenvalue weighted by Crippen LogP contribution is -2.44. The van der Waals surface area contributed by atoms with E-state index in [9.17, 15) is 19.8 Å². The second-order valence-corrected chi connectivity index (χ2v) is 6.03. The summed E-state index contributed by atoms with van der Waals surface area (Å²) < 4.78 is 5.08. The van der Waals surface area contributed by atoms with Gasteiger partial charge in [0.2, 0.25) is 0 Å². The lowest BCUT2D eigenvalue weighted by molar-refractivity contribution is -0.146. The molecular weight excluding hydrogens is 312 g/mol. The fourth-order valence-corrected chi connectivity index (χ4v) is 2.84. The van der Waals surface area contributed by atoms with E-state index in [2.05, 4.69) is 10.3 Å². The molecule has 1 heterocycles. The molecule has 0 saturated heterocycles. The van der Waals surface area contributed by atoms with Crippen molar-refractivity contribution in [2.45, 2.75) is 39.7 Å². The molecule has 0 aliphatic carbocycles. The van der Waals surface area contributed by atoms with Gasteiger partial charge in [-0.25, -0.2) is 9.79 Å². The molecule has 1 aromatic carbocycles. The first-order valence-corrected chi connectivity index (χ1v) is 7.84. The van der Waals surface area contributed by atoms with Crippen molar-refractivity contribution in [3.8, 4) is 11.5 Å². The Balaban J connectivity index is 2.55. The van der Waals surface area contributed by atoms with Crippen LogP contribution in [-0.4, -0.2) is 34.5 Å². The number of esters is 1. The fourth-order valence-electron chi connectivity index (χ4n) is 2.84. The smallest absolute Gasteiger partial charge is 0.341 e. The van der Waals surface area contributed by atoms with Crippen LogP contribution >= 0.6 is 0 Å². The number of rotatable bonds is 4. The Hall–Kier alpha value is -2.57. The lowest BCUT2D eigenvalue weighted by atomic mass is 9.86. The Morgan fingerprint density at radius 1 is 1.33 bits per heavy atom. The Kier molecular flexibility index (Phi) is 5.11. The molecule has 3 N–H and O–H groups in total. The van der Waals surface area contributed by atoms with Gasteiger partial charge in [0.1, 0.15) is 17.4 Å². The van der Waals surface area contributed by atoms with Gasteiger partial charge >= 0.3 is 12.0 Å². The molecule has 0 spiro atoms. The van der Waals surface area contributed by atoms with Crippen molar-refractivity contribution in [3.63, 3.8) is 0 Å². The van der Waals surface area contributed by atoms with Crippen molar-refractivity contribution < 1.29 is 24.5 Å². The van der Waals surface area contributed by atoms with Gasteiger partial charge in [-0.15, -0.1) is 0 Å². The van der Waals surface area contributed by atoms with Crippen molar-refractivity contribution in [3.05, 3.63) is 23.3 Å². The third kappa shape index (κ3) is 3.34. The zero-order chi connectivity index (χ0) is 18.0. The van der Waals surface area contributed by atoms with Crippen LogP contribution < -0.4 is 5.32 Å². The zero-order valence-electron chi connectivity index (χ0n) is 14.2. The number of aliphatic imine (C=N–C) groups is 1. The Morgan fingerprint density at radius 2 is 2.00 bits per heavy atom. The molecule has 2 amide bonds. The molecule has 0 bridgehead atoms. The number of ether oxygens (including phenoxy) is 1. The molecule has 1 aromatic rings. The Labute approximate surface area is 140 Å². The normalized spacial score (nSPS) is 20.5. The van der Waals surface area contributed by atoms with Crippen LogP contribution in [0.2, 0.25) is 0 Å². The molecule has 24 heavy (non-hydrogen) atoms. The van der Waals surface area contributed by atoms with Crippen LogP contribution in [-0.2, 0) is 9.53 Å². The monoisotopic (exact) mass is 334 g/mol. The summed E-state index contributed by atoms with van der Waals surface area (Å²) >= 11 is 0. The SMILES string of the molecule is CCOC(=O)C1C(C)=NC(=O)NC1c1cc(C(C)C)c(O)cc1O. The molecule has 1 aliphatic rings. The van der Waals surface area contributed by atoms with Gasteiger partial charge in [0.15, 0.2) is 0 Å². The molecule has 0 saturated carbocycles. The summed E-state index contributed by atoms with van der Waals surface area (Å²) in [5.41, 5.74) is 1.28. The molecule has 1 aliphatic heterocycles. The van der Waals surface area contributed by atoms with Crippen molar-refractivity contribution in [2.75, 3.05) is 6.61 Å². The first kappa shape index (κ1) is 17.8. The molecule has 2 atom stereocenters. The maximum atomic E-state index is 12.3. The maximum absolute atomic E-state index is 12.3. The van der Waals surface area contributed by atoms with Crippen molar-refractivity contribution in [2.24, 2.45) is 10.9 Å². The number of phenolic OH excluding ortho intramolecular Hbond substituents is 2. The van der Waals surface area contributed by atoms with E-state index in [4.69, 9.17) is 4.74 Å². The fraction of sp³-hybridized carbons (Fsp3) is 0.471. The second kappa shape index (κ2) is 6.90. The van der Waals surface area contributed by atoms with Gasteiger partial charge in [-0.1, -0.05) is 13.8 Å². The maximum Gasteiger partial charge on any atom is 0.341 e. The van der Waals surface area contributed by atoms with Crippen LogP contribution in [0.1, 0.15) is 50.8 Å². The minimum absolute atomic E-state index is 0.000510. The van der Waals surface area contributed by atoms with Gasteiger partial charge in [0.25, 0.3) is 0 Å². The van der Waals surface area contributed by atoms with E-state index < -0.39 is 24.0 Å². The molecule has 2 unspecified atom stereocenters. The number of phenols is 2. The topological polar surface area (TPSA) is 108 Å². The highest BCUT2D eigenvalue weighted by Crippen LogP contribution is 2.39. The molecule has 2 rings (SSSR count). The van der Waals surface area contributed by atoms with Gasteiger partial charge in [-0.2, -0.15) is 0 Å². The summed E-state index contributed by atoms with van der Waals surface area (Å²) in [4.78, 5) is 27.9. The van der Waals surface area contributed by atoms with Gasteiger partial charge in [-0.05, 0) is 31.4 Å². The minimum Gasteiger partial charge on any atom is -0.508 e. The van der Waals surface area contributed by atoms with Gasteiger partial charge in [0, 0.05) is 17.3 Å². The summed E-state index contributed by atoms with van der Waals surface area (Å²) in [6.07, 6.45) is 0. The highest BCUT2D eigenvalue weighted by molar-refractivity contribution is 6.08. The van der Waals surface area contributed by atoms with Gasteiger partial charge in [0.05, 0.1) is 12.6 Å². The van der Waals surface area contributed by atoms with E-state index in [-0.39, 0.29) is 24.0 Å². The average Bonchev–Trinajstić information content (AvgIpc) is 2.46. The van der Waals surface area contributed by atoms with E-state index in [0.717, 1.165) is 0 Å². The highest BCUT2D eigenvalue weighted by Gasteiger charge is 2.39. The molecule has 7 nitrogen and oxygen atoms in total. The summed E-state index contributed by atoms with van der Waals surface area (Å²) in [6, 6.07) is 1.43. The predicted molar refractivity (Wildman–Crippen MR) is 88.4 cm³/mol. The summed E-state index contributed by atoms with van der Waals surface area (Å²) in [7, 11) is 0. The number of benzene rings is 1. The third-order valence-corrected chi connectivity index (χ3v) is 4.01. The average molecular weight is 334 g/mol. The number of carbonyl (C=O) groups is 2. The summed E-state index contributed by atoms with van der Waals surface area (Å²) in [6.45, 7) is 7.25. The number of carbonyl (C=O) groups excluding carboxylic acids is 2. The van der Waals surface area contributed by atoms with E-state index in [0.29, 0.717) is 16.8 Å². The Bertz CT molecular complexity index is 696. The third-order valence-electron chi connectivity index (χ3n) is 4.01. The number of nitrogens with zero attached hydrogens (tertiary/aromatic N) is 1. The second-order valence-electron chi connectivity index (χ2n) is 6.03. The van der Waals surface area contributed by atoms with Crippen molar-refractivity contribution in [1.29, 1.82) is 0 Å². The van der Waals surface area contributed by atoms with Crippen LogP contribution in [0.25, 0.3) is 0 Å². The van der Waals surface area contributed by atoms with Crippen molar-refractivity contribution in [1.82, 2.24) is 5.32 Å². The number of amides is 2. The van der Waals surface area contributed by atoms with Gasteiger partial charge in [-0.3, -0.25) is 4.79 Å². The molecule has 0 fully saturated rings. The van der Waals surface area contributed by atoms with Crippen LogP contribution in [0, 0.1) is 5.92 Å². The van der Waals surface area contributed by atoms with Crippen molar-refractivity contribution >= 4 is 17.7 Å².